The number of nitrogens with two attached hydrogens (primary N) is 1. The van der Waals surface area contributed by atoms with Crippen LogP contribution in [0.15, 0.2) is 18.2 Å². The van der Waals surface area contributed by atoms with Crippen molar-refractivity contribution in [3.05, 3.63) is 29.0 Å². The van der Waals surface area contributed by atoms with Gasteiger partial charge in [-0.1, -0.05) is 17.7 Å². The van der Waals surface area contributed by atoms with Gasteiger partial charge in [0.15, 0.2) is 0 Å². The van der Waals surface area contributed by atoms with Gasteiger partial charge in [0.25, 0.3) is 0 Å². The van der Waals surface area contributed by atoms with Crippen LogP contribution in [0.2, 0.25) is 5.15 Å². The Labute approximate surface area is 110 Å². The molecule has 1 aromatic heterocycles. The predicted molar refractivity (Wildman–Crippen MR) is 70.0 cm³/mol. The molecule has 1 atom stereocenters. The third-order valence-electron chi connectivity index (χ3n) is 1.91. The van der Waals surface area contributed by atoms with Crippen molar-refractivity contribution in [2.24, 2.45) is 5.73 Å². The summed E-state index contributed by atoms with van der Waals surface area (Å²) in [5.41, 5.74) is 6.53. The zero-order valence-corrected chi connectivity index (χ0v) is 11.1. The Morgan fingerprint density at radius 2 is 2.41 bits per heavy atom. The molecule has 1 heterocycles. The summed E-state index contributed by atoms with van der Waals surface area (Å²) in [6, 6.07) is 4.87. The zero-order chi connectivity index (χ0) is 12.7. The highest BCUT2D eigenvalue weighted by molar-refractivity contribution is 7.98. The summed E-state index contributed by atoms with van der Waals surface area (Å²) in [6.45, 7) is 2.11. The number of nitrogens with zero attached hydrogens (tertiary/aromatic N) is 1. The van der Waals surface area contributed by atoms with Gasteiger partial charge < -0.3 is 10.5 Å². The molecule has 17 heavy (non-hydrogen) atoms. The van der Waals surface area contributed by atoms with Crippen LogP contribution in [-0.4, -0.2) is 29.4 Å². The number of pyridine rings is 1. The Morgan fingerprint density at radius 3 is 3.06 bits per heavy atom. The van der Waals surface area contributed by atoms with Gasteiger partial charge in [-0.25, -0.2) is 4.98 Å². The van der Waals surface area contributed by atoms with Gasteiger partial charge in [-0.2, -0.15) is 11.8 Å². The molecule has 0 aliphatic carbocycles. The molecule has 0 saturated carbocycles. The van der Waals surface area contributed by atoms with E-state index in [1.807, 2.05) is 12.1 Å². The van der Waals surface area contributed by atoms with E-state index in [0.29, 0.717) is 23.3 Å². The van der Waals surface area contributed by atoms with Crippen molar-refractivity contribution in [1.82, 2.24) is 4.98 Å². The van der Waals surface area contributed by atoms with Crippen molar-refractivity contribution in [3.8, 4) is 0 Å². The first-order chi connectivity index (χ1) is 8.13. The lowest BCUT2D eigenvalue weighted by Gasteiger charge is -2.09. The molecular formula is C11H15ClN2O2S. The quantitative estimate of drug-likeness (QED) is 0.634. The smallest absolute Gasteiger partial charge is 0.323 e. The van der Waals surface area contributed by atoms with E-state index in [1.54, 1.807) is 13.0 Å². The standard InChI is InChI=1S/C11H15ClN2O2S/c1-2-16-11(15)9(13)7-17-6-8-4-3-5-10(12)14-8/h3-5,9H,2,6-7,13H2,1H3. The number of hydrogen-bond donors (Lipinski definition) is 1. The minimum Gasteiger partial charge on any atom is -0.465 e. The van der Waals surface area contributed by atoms with E-state index >= 15 is 0 Å². The van der Waals surface area contributed by atoms with Gasteiger partial charge in [0, 0.05) is 11.5 Å². The van der Waals surface area contributed by atoms with E-state index < -0.39 is 6.04 Å². The van der Waals surface area contributed by atoms with E-state index in [9.17, 15) is 4.79 Å². The predicted octanol–water partition coefficient (Wildman–Crippen LogP) is 1.86. The van der Waals surface area contributed by atoms with Gasteiger partial charge in [-0.15, -0.1) is 0 Å². The van der Waals surface area contributed by atoms with Crippen LogP contribution in [0, 0.1) is 0 Å². The Morgan fingerprint density at radius 1 is 1.65 bits per heavy atom. The second-order valence-electron chi connectivity index (χ2n) is 3.33. The fourth-order valence-corrected chi connectivity index (χ4v) is 2.20. The summed E-state index contributed by atoms with van der Waals surface area (Å²) in [5, 5.41) is 0.470. The third kappa shape index (κ3) is 5.39. The van der Waals surface area contributed by atoms with E-state index in [4.69, 9.17) is 22.1 Å². The number of aromatic nitrogens is 1. The molecule has 0 fully saturated rings. The first-order valence-corrected chi connectivity index (χ1v) is 6.78. The average molecular weight is 275 g/mol. The van der Waals surface area contributed by atoms with Gasteiger partial charge >= 0.3 is 5.97 Å². The Kier molecular flexibility index (Phi) is 6.32. The summed E-state index contributed by atoms with van der Waals surface area (Å²) < 4.78 is 4.81. The molecule has 6 heteroatoms. The fourth-order valence-electron chi connectivity index (χ4n) is 1.14. The Bertz CT molecular complexity index is 376. The van der Waals surface area contributed by atoms with E-state index in [0.717, 1.165) is 5.69 Å². The molecule has 0 spiro atoms. The second-order valence-corrected chi connectivity index (χ2v) is 4.74. The summed E-state index contributed by atoms with van der Waals surface area (Å²) in [4.78, 5) is 15.4. The monoisotopic (exact) mass is 274 g/mol. The lowest BCUT2D eigenvalue weighted by molar-refractivity contribution is -0.144. The SMILES string of the molecule is CCOC(=O)C(N)CSCc1cccc(Cl)n1. The number of thioether (sulfide) groups is 1. The largest absolute Gasteiger partial charge is 0.465 e. The van der Waals surface area contributed by atoms with Crippen molar-refractivity contribution in [1.29, 1.82) is 0 Å². The van der Waals surface area contributed by atoms with E-state index in [1.165, 1.54) is 11.8 Å². The second kappa shape index (κ2) is 7.53. The lowest BCUT2D eigenvalue weighted by atomic mass is 10.4. The number of halogens is 1. The van der Waals surface area contributed by atoms with Gasteiger partial charge in [0.2, 0.25) is 0 Å². The van der Waals surface area contributed by atoms with Crippen molar-refractivity contribution in [2.45, 2.75) is 18.7 Å². The molecule has 94 valence electrons. The van der Waals surface area contributed by atoms with Crippen LogP contribution in [0.3, 0.4) is 0 Å². The zero-order valence-electron chi connectivity index (χ0n) is 9.56. The van der Waals surface area contributed by atoms with Gasteiger partial charge in [0.1, 0.15) is 11.2 Å². The van der Waals surface area contributed by atoms with Crippen LogP contribution < -0.4 is 5.73 Å². The van der Waals surface area contributed by atoms with E-state index in [2.05, 4.69) is 4.98 Å². The number of ether oxygens (including phenoxy) is 1. The molecule has 0 aliphatic heterocycles. The molecule has 1 aromatic rings. The minimum absolute atomic E-state index is 0.354. The van der Waals surface area contributed by atoms with Crippen LogP contribution >= 0.6 is 23.4 Å². The molecule has 0 amide bonds. The fraction of sp³-hybridized carbons (Fsp3) is 0.455. The molecule has 0 radical (unpaired) electrons. The number of esters is 1. The van der Waals surface area contributed by atoms with Crippen molar-refractivity contribution in [3.63, 3.8) is 0 Å². The van der Waals surface area contributed by atoms with Crippen molar-refractivity contribution < 1.29 is 9.53 Å². The van der Waals surface area contributed by atoms with E-state index in [-0.39, 0.29) is 5.97 Å². The molecule has 1 rings (SSSR count). The van der Waals surface area contributed by atoms with Crippen molar-refractivity contribution in [2.75, 3.05) is 12.4 Å². The average Bonchev–Trinajstić information content (AvgIpc) is 2.29. The number of carbonyl (C=O) groups is 1. The number of hydrogen-bond acceptors (Lipinski definition) is 5. The molecule has 0 aromatic carbocycles. The van der Waals surface area contributed by atoms with Crippen LogP contribution in [0.4, 0.5) is 0 Å². The number of rotatable bonds is 6. The highest BCUT2D eigenvalue weighted by Crippen LogP contribution is 2.13. The molecule has 2 N–H and O–H groups in total. The van der Waals surface area contributed by atoms with Crippen LogP contribution in [-0.2, 0) is 15.3 Å². The number of carbonyl (C=O) groups excluding carboxylic acids is 1. The maximum atomic E-state index is 11.2. The third-order valence-corrected chi connectivity index (χ3v) is 3.21. The normalized spacial score (nSPS) is 12.2. The van der Waals surface area contributed by atoms with Crippen molar-refractivity contribution >= 4 is 29.3 Å². The Hall–Kier alpha value is -0.780. The molecule has 0 saturated heterocycles. The van der Waals surface area contributed by atoms with Crippen LogP contribution in [0.25, 0.3) is 0 Å². The maximum absolute atomic E-state index is 11.2. The first-order valence-electron chi connectivity index (χ1n) is 5.25. The van der Waals surface area contributed by atoms with Gasteiger partial charge in [0.05, 0.1) is 12.3 Å². The highest BCUT2D eigenvalue weighted by Gasteiger charge is 2.14. The van der Waals surface area contributed by atoms with Crippen LogP contribution in [0.5, 0.6) is 0 Å². The summed E-state index contributed by atoms with van der Waals surface area (Å²) >= 11 is 7.29. The van der Waals surface area contributed by atoms with Gasteiger partial charge in [-0.05, 0) is 19.1 Å². The maximum Gasteiger partial charge on any atom is 0.323 e. The molecule has 4 nitrogen and oxygen atoms in total. The Balaban J connectivity index is 2.30. The molecular weight excluding hydrogens is 260 g/mol. The summed E-state index contributed by atoms with van der Waals surface area (Å²) in [5.74, 6) is 0.819. The van der Waals surface area contributed by atoms with Crippen LogP contribution in [0.1, 0.15) is 12.6 Å². The molecule has 1 unspecified atom stereocenters. The molecule has 0 bridgehead atoms. The lowest BCUT2D eigenvalue weighted by Crippen LogP contribution is -2.34. The minimum atomic E-state index is -0.584. The first kappa shape index (κ1) is 14.3. The van der Waals surface area contributed by atoms with Gasteiger partial charge in [-0.3, -0.25) is 4.79 Å². The summed E-state index contributed by atoms with van der Waals surface area (Å²) in [7, 11) is 0. The summed E-state index contributed by atoms with van der Waals surface area (Å²) in [6.07, 6.45) is 0. The molecule has 0 aliphatic rings. The topological polar surface area (TPSA) is 65.2 Å². The highest BCUT2D eigenvalue weighted by atomic mass is 35.5.